The smallest absolute Gasteiger partial charge is 0.216 e. The molecule has 0 radical (unpaired) electrons. The minimum atomic E-state index is -3.40. The Morgan fingerprint density at radius 3 is 2.24 bits per heavy atom. The van der Waals surface area contributed by atoms with Gasteiger partial charge in [-0.3, -0.25) is 4.79 Å². The van der Waals surface area contributed by atoms with Gasteiger partial charge in [-0.2, -0.15) is 0 Å². The number of carbonyl (C=O) groups excluding carboxylic acids is 1. The van der Waals surface area contributed by atoms with E-state index in [0.29, 0.717) is 43.3 Å². The van der Waals surface area contributed by atoms with E-state index in [1.54, 1.807) is 24.3 Å². The Bertz CT molecular complexity index is 1590. The van der Waals surface area contributed by atoms with Gasteiger partial charge in [0.05, 0.1) is 4.90 Å². The molecule has 0 heterocycles. The van der Waals surface area contributed by atoms with Crippen molar-refractivity contribution in [3.8, 4) is 22.6 Å². The van der Waals surface area contributed by atoms with E-state index >= 15 is 0 Å². The normalized spacial score (nSPS) is 11.2. The highest BCUT2D eigenvalue weighted by Crippen LogP contribution is 2.29. The largest absolute Gasteiger partial charge is 0.489 e. The molecule has 0 spiro atoms. The third kappa shape index (κ3) is 8.42. The third-order valence-corrected chi connectivity index (χ3v) is 7.91. The lowest BCUT2D eigenvalue weighted by atomic mass is 9.97. The first-order valence-electron chi connectivity index (χ1n) is 13.5. The summed E-state index contributed by atoms with van der Waals surface area (Å²) in [6.45, 7) is 5.66. The van der Waals surface area contributed by atoms with Crippen LogP contribution < -0.4 is 20.1 Å². The van der Waals surface area contributed by atoms with Crippen LogP contribution in [-0.4, -0.2) is 33.7 Å². The van der Waals surface area contributed by atoms with Crippen molar-refractivity contribution in [3.05, 3.63) is 113 Å². The molecule has 0 bridgehead atoms. The predicted molar refractivity (Wildman–Crippen MR) is 162 cm³/mol. The van der Waals surface area contributed by atoms with Crippen molar-refractivity contribution in [1.82, 2.24) is 10.6 Å². The number of hydrogen-bond acceptors (Lipinski definition) is 6. The molecule has 0 atom stereocenters. The highest BCUT2D eigenvalue weighted by atomic mass is 32.2. The molecule has 2 N–H and O–H groups in total. The molecule has 214 valence electrons. The summed E-state index contributed by atoms with van der Waals surface area (Å²) in [5, 5.41) is 6.07. The van der Waals surface area contributed by atoms with Crippen LogP contribution in [0.25, 0.3) is 11.1 Å². The molecule has 4 aromatic carbocycles. The Morgan fingerprint density at radius 1 is 0.780 bits per heavy atom. The van der Waals surface area contributed by atoms with Crippen LogP contribution in [0.15, 0.2) is 95.9 Å². The van der Waals surface area contributed by atoms with Crippen LogP contribution in [0.5, 0.6) is 11.5 Å². The van der Waals surface area contributed by atoms with E-state index in [9.17, 15) is 13.2 Å². The van der Waals surface area contributed by atoms with E-state index < -0.39 is 9.84 Å². The summed E-state index contributed by atoms with van der Waals surface area (Å²) in [6.07, 6.45) is 1.19. The minimum Gasteiger partial charge on any atom is -0.489 e. The highest BCUT2D eigenvalue weighted by Gasteiger charge is 2.15. The standard InChI is InChI=1S/C33H36N2O5S/c1-24-28(13-9-14-31(24)26-10-5-4-6-11-26)22-39-30-17-16-27(21-34-18-19-35-25(2)36)32(20-30)40-23-29-12-7-8-15-33(29)41(3,37)38/h4-17,20,34H,18-19,21-23H2,1-3H3,(H,35,36). The zero-order valence-electron chi connectivity index (χ0n) is 23.6. The molecule has 0 aliphatic heterocycles. The van der Waals surface area contributed by atoms with Crippen LogP contribution in [0.2, 0.25) is 0 Å². The molecule has 8 heteroatoms. The summed E-state index contributed by atoms with van der Waals surface area (Å²) in [5.74, 6) is 1.15. The molecule has 0 aliphatic rings. The Balaban J connectivity index is 1.52. The van der Waals surface area contributed by atoms with Crippen molar-refractivity contribution in [2.24, 2.45) is 0 Å². The first-order chi connectivity index (χ1) is 19.7. The maximum Gasteiger partial charge on any atom is 0.216 e. The van der Waals surface area contributed by atoms with E-state index in [1.165, 1.54) is 18.7 Å². The van der Waals surface area contributed by atoms with E-state index in [0.717, 1.165) is 22.3 Å². The zero-order chi connectivity index (χ0) is 29.2. The van der Waals surface area contributed by atoms with Gasteiger partial charge in [0, 0.05) is 50.0 Å². The van der Waals surface area contributed by atoms with Crippen LogP contribution >= 0.6 is 0 Å². The maximum absolute atomic E-state index is 12.3. The van der Waals surface area contributed by atoms with Crippen molar-refractivity contribution < 1.29 is 22.7 Å². The summed E-state index contributed by atoms with van der Waals surface area (Å²) in [5.41, 5.74) is 6.04. The monoisotopic (exact) mass is 572 g/mol. The first kappa shape index (κ1) is 29.8. The molecule has 0 saturated heterocycles. The van der Waals surface area contributed by atoms with E-state index in [2.05, 4.69) is 41.8 Å². The van der Waals surface area contributed by atoms with Gasteiger partial charge in [0.1, 0.15) is 24.7 Å². The second-order valence-electron chi connectivity index (χ2n) is 9.84. The van der Waals surface area contributed by atoms with Crippen LogP contribution in [-0.2, 0) is 34.4 Å². The van der Waals surface area contributed by atoms with Gasteiger partial charge in [0.15, 0.2) is 9.84 Å². The Morgan fingerprint density at radius 2 is 1.49 bits per heavy atom. The quantitative estimate of drug-likeness (QED) is 0.207. The van der Waals surface area contributed by atoms with Gasteiger partial charge in [-0.1, -0.05) is 72.8 Å². The van der Waals surface area contributed by atoms with Crippen LogP contribution in [0, 0.1) is 6.92 Å². The third-order valence-electron chi connectivity index (χ3n) is 6.71. The Labute approximate surface area is 242 Å². The minimum absolute atomic E-state index is 0.0774. The van der Waals surface area contributed by atoms with Crippen molar-refractivity contribution >= 4 is 15.7 Å². The van der Waals surface area contributed by atoms with E-state index in [1.807, 2.05) is 42.5 Å². The molecule has 1 amide bonds. The topological polar surface area (TPSA) is 93.7 Å². The molecule has 0 unspecified atom stereocenters. The SMILES string of the molecule is CC(=O)NCCNCc1ccc(OCc2cccc(-c3ccccc3)c2C)cc1OCc1ccccc1S(C)(=O)=O. The fraction of sp³-hybridized carbons (Fsp3) is 0.242. The molecular formula is C33H36N2O5S. The molecular weight excluding hydrogens is 536 g/mol. The van der Waals surface area contributed by atoms with Gasteiger partial charge in [-0.25, -0.2) is 8.42 Å². The second kappa shape index (κ2) is 14.0. The molecule has 0 aromatic heterocycles. The molecule has 41 heavy (non-hydrogen) atoms. The number of carbonyl (C=O) groups is 1. The second-order valence-corrected chi connectivity index (χ2v) is 11.8. The van der Waals surface area contributed by atoms with E-state index in [4.69, 9.17) is 9.47 Å². The maximum atomic E-state index is 12.3. The van der Waals surface area contributed by atoms with Crippen LogP contribution in [0.3, 0.4) is 0 Å². The van der Waals surface area contributed by atoms with Gasteiger partial charge in [0.25, 0.3) is 0 Å². The lowest BCUT2D eigenvalue weighted by molar-refractivity contribution is -0.118. The fourth-order valence-corrected chi connectivity index (χ4v) is 5.46. The number of rotatable bonds is 13. The van der Waals surface area contributed by atoms with Crippen LogP contribution in [0.4, 0.5) is 0 Å². The van der Waals surface area contributed by atoms with Crippen molar-refractivity contribution in [3.63, 3.8) is 0 Å². The first-order valence-corrected chi connectivity index (χ1v) is 15.4. The Kier molecular flexibility index (Phi) is 10.2. The molecule has 4 rings (SSSR count). The fourth-order valence-electron chi connectivity index (χ4n) is 4.53. The summed E-state index contributed by atoms with van der Waals surface area (Å²) < 4.78 is 37.0. The van der Waals surface area contributed by atoms with E-state index in [-0.39, 0.29) is 17.4 Å². The van der Waals surface area contributed by atoms with Crippen molar-refractivity contribution in [2.75, 3.05) is 19.3 Å². The lowest BCUT2D eigenvalue weighted by Crippen LogP contribution is -2.30. The average molecular weight is 573 g/mol. The molecule has 0 fully saturated rings. The predicted octanol–water partition coefficient (Wildman–Crippen LogP) is 5.45. The number of benzene rings is 4. The molecule has 7 nitrogen and oxygen atoms in total. The molecule has 4 aromatic rings. The zero-order valence-corrected chi connectivity index (χ0v) is 24.5. The summed E-state index contributed by atoms with van der Waals surface area (Å²) in [7, 11) is -3.40. The van der Waals surface area contributed by atoms with Crippen molar-refractivity contribution in [1.29, 1.82) is 0 Å². The van der Waals surface area contributed by atoms with Gasteiger partial charge in [-0.15, -0.1) is 0 Å². The summed E-state index contributed by atoms with van der Waals surface area (Å²) >= 11 is 0. The number of hydrogen-bond donors (Lipinski definition) is 2. The number of sulfone groups is 1. The van der Waals surface area contributed by atoms with Crippen molar-refractivity contribution in [2.45, 2.75) is 38.5 Å². The number of ether oxygens (including phenoxy) is 2. The summed E-state index contributed by atoms with van der Waals surface area (Å²) in [4.78, 5) is 11.4. The average Bonchev–Trinajstić information content (AvgIpc) is 2.96. The van der Waals surface area contributed by atoms with Crippen LogP contribution in [0.1, 0.15) is 29.2 Å². The lowest BCUT2D eigenvalue weighted by Gasteiger charge is -2.17. The molecule has 0 aliphatic carbocycles. The Hall–Kier alpha value is -4.14. The molecule has 0 saturated carbocycles. The number of nitrogens with one attached hydrogen (secondary N) is 2. The summed E-state index contributed by atoms with van der Waals surface area (Å²) in [6, 6.07) is 29.0. The van der Waals surface area contributed by atoms with Gasteiger partial charge < -0.3 is 20.1 Å². The van der Waals surface area contributed by atoms with Gasteiger partial charge >= 0.3 is 0 Å². The number of amides is 1. The highest BCUT2D eigenvalue weighted by molar-refractivity contribution is 7.90. The van der Waals surface area contributed by atoms with Gasteiger partial charge in [0.2, 0.25) is 5.91 Å². The van der Waals surface area contributed by atoms with Gasteiger partial charge in [-0.05, 0) is 41.3 Å².